The van der Waals surface area contributed by atoms with Crippen LogP contribution in [0.3, 0.4) is 0 Å². The summed E-state index contributed by atoms with van der Waals surface area (Å²) in [4.78, 5) is 12.0. The average Bonchev–Trinajstić information content (AvgIpc) is 3.13. The maximum atomic E-state index is 12.0. The van der Waals surface area contributed by atoms with Gasteiger partial charge in [-0.15, -0.1) is 5.10 Å². The first-order chi connectivity index (χ1) is 12.0. The van der Waals surface area contributed by atoms with E-state index in [-0.39, 0.29) is 12.5 Å². The van der Waals surface area contributed by atoms with Crippen molar-refractivity contribution < 1.29 is 9.53 Å². The Kier molecular flexibility index (Phi) is 4.83. The van der Waals surface area contributed by atoms with Gasteiger partial charge in [0.2, 0.25) is 5.88 Å². The van der Waals surface area contributed by atoms with Gasteiger partial charge in [-0.05, 0) is 32.0 Å². The number of ether oxygens (including phenoxy) is 1. The molecule has 0 saturated carbocycles. The van der Waals surface area contributed by atoms with E-state index in [1.54, 1.807) is 9.36 Å². The van der Waals surface area contributed by atoms with E-state index < -0.39 is 0 Å². The Morgan fingerprint density at radius 3 is 2.64 bits per heavy atom. The van der Waals surface area contributed by atoms with Crippen LogP contribution in [0.25, 0.3) is 5.69 Å². The molecule has 0 atom stereocenters. The number of aryl methyl sites for hydroxylation is 3. The molecule has 0 radical (unpaired) electrons. The van der Waals surface area contributed by atoms with Crippen LogP contribution in [0.1, 0.15) is 17.0 Å². The fourth-order valence-corrected chi connectivity index (χ4v) is 2.50. The summed E-state index contributed by atoms with van der Waals surface area (Å²) in [6.45, 7) is 4.15. The highest BCUT2D eigenvalue weighted by molar-refractivity contribution is 5.77. The summed E-state index contributed by atoms with van der Waals surface area (Å²) in [6.07, 6.45) is 1.88. The number of aromatic nitrogens is 4. The molecular weight excluding hydrogens is 318 g/mol. The van der Waals surface area contributed by atoms with Gasteiger partial charge in [-0.1, -0.05) is 18.2 Å². The molecule has 1 aromatic carbocycles. The van der Waals surface area contributed by atoms with E-state index in [9.17, 15) is 4.79 Å². The van der Waals surface area contributed by atoms with Gasteiger partial charge in [0.1, 0.15) is 0 Å². The molecule has 7 nitrogen and oxygen atoms in total. The van der Waals surface area contributed by atoms with Gasteiger partial charge in [0.15, 0.2) is 6.61 Å². The third kappa shape index (κ3) is 4.06. The fraction of sp³-hybridized carbons (Fsp3) is 0.278. The Bertz CT molecular complexity index is 867. The first-order valence-corrected chi connectivity index (χ1v) is 8.03. The molecule has 3 rings (SSSR count). The van der Waals surface area contributed by atoms with E-state index in [0.717, 1.165) is 22.6 Å². The third-order valence-electron chi connectivity index (χ3n) is 3.78. The Labute approximate surface area is 146 Å². The minimum Gasteiger partial charge on any atom is -0.466 e. The van der Waals surface area contributed by atoms with Crippen molar-refractivity contribution in [2.75, 3.05) is 6.61 Å². The standard InChI is InChI=1S/C18H21N5O2/c1-13-11-23(15-7-5-4-6-8-15)21-18(13)25-12-17(24)19-10-16-9-14(2)20-22(16)3/h4-9,11H,10,12H2,1-3H3,(H,19,24). The zero-order valence-corrected chi connectivity index (χ0v) is 14.6. The summed E-state index contributed by atoms with van der Waals surface area (Å²) in [5.74, 6) is 0.253. The van der Waals surface area contributed by atoms with E-state index in [4.69, 9.17) is 4.74 Å². The number of para-hydroxylation sites is 1. The van der Waals surface area contributed by atoms with E-state index in [2.05, 4.69) is 15.5 Å². The zero-order valence-electron chi connectivity index (χ0n) is 14.6. The monoisotopic (exact) mass is 339 g/mol. The van der Waals surface area contributed by atoms with Crippen molar-refractivity contribution in [3.8, 4) is 11.6 Å². The fourth-order valence-electron chi connectivity index (χ4n) is 2.50. The lowest BCUT2D eigenvalue weighted by molar-refractivity contribution is -0.123. The number of nitrogens with zero attached hydrogens (tertiary/aromatic N) is 4. The first kappa shape index (κ1) is 16.8. The predicted molar refractivity (Wildman–Crippen MR) is 93.6 cm³/mol. The summed E-state index contributed by atoms with van der Waals surface area (Å²) in [6, 6.07) is 11.7. The van der Waals surface area contributed by atoms with Crippen LogP contribution < -0.4 is 10.1 Å². The normalized spacial score (nSPS) is 10.7. The number of amides is 1. The zero-order chi connectivity index (χ0) is 17.8. The molecule has 1 amide bonds. The molecular formula is C18H21N5O2. The Morgan fingerprint density at radius 2 is 1.96 bits per heavy atom. The van der Waals surface area contributed by atoms with Crippen molar-refractivity contribution in [1.82, 2.24) is 24.9 Å². The molecule has 0 fully saturated rings. The van der Waals surface area contributed by atoms with Crippen LogP contribution in [0, 0.1) is 13.8 Å². The number of benzene rings is 1. The predicted octanol–water partition coefficient (Wildman–Crippen LogP) is 1.92. The maximum Gasteiger partial charge on any atom is 0.258 e. The highest BCUT2D eigenvalue weighted by Crippen LogP contribution is 2.17. The summed E-state index contributed by atoms with van der Waals surface area (Å²) in [5.41, 5.74) is 3.68. The summed E-state index contributed by atoms with van der Waals surface area (Å²) in [7, 11) is 1.85. The number of hydrogen-bond acceptors (Lipinski definition) is 4. The van der Waals surface area contributed by atoms with Crippen LogP contribution in [0.5, 0.6) is 5.88 Å². The van der Waals surface area contributed by atoms with Crippen LogP contribution >= 0.6 is 0 Å². The van der Waals surface area contributed by atoms with E-state index in [1.165, 1.54) is 0 Å². The van der Waals surface area contributed by atoms with Crippen LogP contribution in [-0.4, -0.2) is 32.1 Å². The van der Waals surface area contributed by atoms with Crippen molar-refractivity contribution in [3.05, 3.63) is 59.5 Å². The van der Waals surface area contributed by atoms with Crippen molar-refractivity contribution >= 4 is 5.91 Å². The van der Waals surface area contributed by atoms with E-state index in [0.29, 0.717) is 12.4 Å². The Balaban J connectivity index is 1.55. The van der Waals surface area contributed by atoms with Gasteiger partial charge in [-0.3, -0.25) is 9.48 Å². The Hall–Kier alpha value is -3.09. The molecule has 3 aromatic rings. The topological polar surface area (TPSA) is 74.0 Å². The number of rotatable bonds is 6. The maximum absolute atomic E-state index is 12.0. The van der Waals surface area contributed by atoms with Gasteiger partial charge >= 0.3 is 0 Å². The summed E-state index contributed by atoms with van der Waals surface area (Å²) in [5, 5.41) is 11.5. The van der Waals surface area contributed by atoms with Gasteiger partial charge in [0, 0.05) is 18.8 Å². The second-order valence-corrected chi connectivity index (χ2v) is 5.86. The lowest BCUT2D eigenvalue weighted by Crippen LogP contribution is -2.29. The number of carbonyl (C=O) groups excluding carboxylic acids is 1. The van der Waals surface area contributed by atoms with Crippen molar-refractivity contribution in [1.29, 1.82) is 0 Å². The first-order valence-electron chi connectivity index (χ1n) is 8.03. The molecule has 7 heteroatoms. The second-order valence-electron chi connectivity index (χ2n) is 5.86. The van der Waals surface area contributed by atoms with Crippen LogP contribution in [0.2, 0.25) is 0 Å². The molecule has 2 heterocycles. The van der Waals surface area contributed by atoms with Gasteiger partial charge in [-0.25, -0.2) is 4.68 Å². The number of nitrogens with one attached hydrogen (secondary N) is 1. The van der Waals surface area contributed by atoms with Crippen molar-refractivity contribution in [3.63, 3.8) is 0 Å². The minimum absolute atomic E-state index is 0.0799. The highest BCUT2D eigenvalue weighted by Gasteiger charge is 2.11. The van der Waals surface area contributed by atoms with Crippen molar-refractivity contribution in [2.24, 2.45) is 7.05 Å². The second kappa shape index (κ2) is 7.21. The van der Waals surface area contributed by atoms with Gasteiger partial charge < -0.3 is 10.1 Å². The SMILES string of the molecule is Cc1cc(CNC(=O)COc2nn(-c3ccccc3)cc2C)n(C)n1. The quantitative estimate of drug-likeness (QED) is 0.744. The molecule has 0 bridgehead atoms. The molecule has 25 heavy (non-hydrogen) atoms. The molecule has 2 aromatic heterocycles. The molecule has 0 saturated heterocycles. The Morgan fingerprint density at radius 1 is 1.20 bits per heavy atom. The van der Waals surface area contributed by atoms with Gasteiger partial charge in [0.05, 0.1) is 23.6 Å². The number of hydrogen-bond donors (Lipinski definition) is 1. The lowest BCUT2D eigenvalue weighted by atomic mass is 10.3. The van der Waals surface area contributed by atoms with Crippen LogP contribution in [-0.2, 0) is 18.4 Å². The van der Waals surface area contributed by atoms with Gasteiger partial charge in [-0.2, -0.15) is 5.10 Å². The van der Waals surface area contributed by atoms with Crippen molar-refractivity contribution in [2.45, 2.75) is 20.4 Å². The smallest absolute Gasteiger partial charge is 0.258 e. The average molecular weight is 339 g/mol. The van der Waals surface area contributed by atoms with Gasteiger partial charge in [0.25, 0.3) is 5.91 Å². The molecule has 0 aliphatic rings. The molecule has 0 spiro atoms. The third-order valence-corrected chi connectivity index (χ3v) is 3.78. The lowest BCUT2D eigenvalue weighted by Gasteiger charge is -2.06. The molecule has 1 N–H and O–H groups in total. The number of carbonyl (C=O) groups is 1. The van der Waals surface area contributed by atoms with E-state index >= 15 is 0 Å². The molecule has 0 unspecified atom stereocenters. The van der Waals surface area contributed by atoms with Crippen LogP contribution in [0.4, 0.5) is 0 Å². The largest absolute Gasteiger partial charge is 0.466 e. The summed E-state index contributed by atoms with van der Waals surface area (Å²) < 4.78 is 9.05. The molecule has 130 valence electrons. The highest BCUT2D eigenvalue weighted by atomic mass is 16.5. The molecule has 0 aliphatic carbocycles. The summed E-state index contributed by atoms with van der Waals surface area (Å²) >= 11 is 0. The minimum atomic E-state index is -0.201. The van der Waals surface area contributed by atoms with Crippen LogP contribution in [0.15, 0.2) is 42.6 Å². The van der Waals surface area contributed by atoms with E-state index in [1.807, 2.05) is 63.5 Å². The molecule has 0 aliphatic heterocycles.